The fourth-order valence-corrected chi connectivity index (χ4v) is 2.59. The predicted octanol–water partition coefficient (Wildman–Crippen LogP) is 2.53. The highest BCUT2D eigenvalue weighted by Crippen LogP contribution is 2.17. The quantitative estimate of drug-likeness (QED) is 0.793. The molecule has 1 aliphatic rings. The van der Waals surface area contributed by atoms with E-state index in [-0.39, 0.29) is 24.1 Å². The Hall–Kier alpha value is -1.98. The summed E-state index contributed by atoms with van der Waals surface area (Å²) >= 11 is 0. The molecule has 120 valence electrons. The highest BCUT2D eigenvalue weighted by atomic mass is 19.1. The third kappa shape index (κ3) is 4.79. The van der Waals surface area contributed by atoms with Crippen LogP contribution in [0.4, 0.5) is 8.78 Å². The highest BCUT2D eigenvalue weighted by molar-refractivity contribution is 5.94. The number of rotatable bonds is 6. The number of hydrogen-bond donors (Lipinski definition) is 2. The first-order chi connectivity index (χ1) is 10.6. The Balaban J connectivity index is 1.67. The summed E-state index contributed by atoms with van der Waals surface area (Å²) in [7, 11) is 0. The van der Waals surface area contributed by atoms with Crippen LogP contribution in [0.25, 0.3) is 0 Å². The fraction of sp³-hybridized carbons (Fsp3) is 0.500. The predicted molar refractivity (Wildman–Crippen MR) is 78.3 cm³/mol. The van der Waals surface area contributed by atoms with Crippen molar-refractivity contribution < 1.29 is 18.4 Å². The van der Waals surface area contributed by atoms with Gasteiger partial charge in [0.1, 0.15) is 11.6 Å². The van der Waals surface area contributed by atoms with E-state index in [4.69, 9.17) is 0 Å². The molecule has 0 aliphatic heterocycles. The normalized spacial score (nSPS) is 14.8. The fourth-order valence-electron chi connectivity index (χ4n) is 2.59. The standard InChI is InChI=1S/C16H20F2N2O2/c17-11-7-8-13(14(18)10-11)16(22)19-9-3-6-15(21)20-12-4-1-2-5-12/h7-8,10,12H,1-6,9H2,(H,19,22)(H,20,21). The van der Waals surface area contributed by atoms with Gasteiger partial charge in [-0.25, -0.2) is 8.78 Å². The Morgan fingerprint density at radius 1 is 1.18 bits per heavy atom. The van der Waals surface area contributed by atoms with Crippen LogP contribution in [0.15, 0.2) is 18.2 Å². The second-order valence-electron chi connectivity index (χ2n) is 5.53. The van der Waals surface area contributed by atoms with E-state index in [9.17, 15) is 18.4 Å². The van der Waals surface area contributed by atoms with Crippen molar-refractivity contribution in [3.8, 4) is 0 Å². The van der Waals surface area contributed by atoms with E-state index >= 15 is 0 Å². The molecule has 1 aromatic carbocycles. The van der Waals surface area contributed by atoms with Crippen LogP contribution in [0.5, 0.6) is 0 Å². The van der Waals surface area contributed by atoms with Crippen molar-refractivity contribution in [3.05, 3.63) is 35.4 Å². The molecule has 6 heteroatoms. The van der Waals surface area contributed by atoms with Crippen molar-refractivity contribution >= 4 is 11.8 Å². The van der Waals surface area contributed by atoms with Crippen molar-refractivity contribution in [2.75, 3.05) is 6.54 Å². The molecule has 1 aromatic rings. The van der Waals surface area contributed by atoms with Crippen LogP contribution < -0.4 is 10.6 Å². The molecule has 0 bridgehead atoms. The summed E-state index contributed by atoms with van der Waals surface area (Å²) < 4.78 is 26.2. The van der Waals surface area contributed by atoms with Gasteiger partial charge in [-0.15, -0.1) is 0 Å². The van der Waals surface area contributed by atoms with Gasteiger partial charge in [0, 0.05) is 25.1 Å². The van der Waals surface area contributed by atoms with E-state index in [1.54, 1.807) is 0 Å². The first-order valence-corrected chi connectivity index (χ1v) is 7.59. The first-order valence-electron chi connectivity index (χ1n) is 7.59. The van der Waals surface area contributed by atoms with E-state index < -0.39 is 17.5 Å². The summed E-state index contributed by atoms with van der Waals surface area (Å²) in [6.45, 7) is 0.272. The summed E-state index contributed by atoms with van der Waals surface area (Å²) in [5.74, 6) is -2.24. The first kappa shape index (κ1) is 16.4. The lowest BCUT2D eigenvalue weighted by atomic mass is 10.2. The maximum Gasteiger partial charge on any atom is 0.254 e. The Kier molecular flexibility index (Phi) is 5.86. The minimum atomic E-state index is -0.892. The van der Waals surface area contributed by atoms with Gasteiger partial charge in [-0.3, -0.25) is 9.59 Å². The molecule has 22 heavy (non-hydrogen) atoms. The number of nitrogens with one attached hydrogen (secondary N) is 2. The smallest absolute Gasteiger partial charge is 0.254 e. The number of amides is 2. The average Bonchev–Trinajstić information content (AvgIpc) is 2.96. The summed E-state index contributed by atoms with van der Waals surface area (Å²) in [6, 6.07) is 3.10. The zero-order valence-corrected chi connectivity index (χ0v) is 12.3. The van der Waals surface area contributed by atoms with Gasteiger partial charge in [0.15, 0.2) is 0 Å². The SMILES string of the molecule is O=C(CCCNC(=O)c1ccc(F)cc1F)NC1CCCC1. The molecule has 1 aliphatic carbocycles. The topological polar surface area (TPSA) is 58.2 Å². The maximum atomic E-state index is 13.4. The third-order valence-corrected chi connectivity index (χ3v) is 3.76. The molecule has 0 unspecified atom stereocenters. The highest BCUT2D eigenvalue weighted by Gasteiger charge is 2.17. The van der Waals surface area contributed by atoms with Crippen LogP contribution in [-0.4, -0.2) is 24.4 Å². The molecular weight excluding hydrogens is 290 g/mol. The minimum Gasteiger partial charge on any atom is -0.353 e. The number of carbonyl (C=O) groups is 2. The molecule has 2 amide bonds. The largest absolute Gasteiger partial charge is 0.353 e. The van der Waals surface area contributed by atoms with E-state index in [0.717, 1.165) is 37.8 Å². The van der Waals surface area contributed by atoms with Crippen LogP contribution in [0.2, 0.25) is 0 Å². The summed E-state index contributed by atoms with van der Waals surface area (Å²) in [5, 5.41) is 5.49. The van der Waals surface area contributed by atoms with Crippen molar-refractivity contribution in [2.45, 2.75) is 44.6 Å². The number of halogens is 2. The van der Waals surface area contributed by atoms with E-state index in [0.29, 0.717) is 18.9 Å². The van der Waals surface area contributed by atoms with Crippen LogP contribution in [-0.2, 0) is 4.79 Å². The Bertz CT molecular complexity index is 543. The van der Waals surface area contributed by atoms with Crippen molar-refractivity contribution in [3.63, 3.8) is 0 Å². The van der Waals surface area contributed by atoms with Crippen molar-refractivity contribution in [2.24, 2.45) is 0 Å². The second kappa shape index (κ2) is 7.87. The Morgan fingerprint density at radius 2 is 1.91 bits per heavy atom. The summed E-state index contributed by atoms with van der Waals surface area (Å²) in [4.78, 5) is 23.4. The number of benzene rings is 1. The van der Waals surface area contributed by atoms with Gasteiger partial charge in [0.05, 0.1) is 5.56 Å². The monoisotopic (exact) mass is 310 g/mol. The molecule has 2 rings (SSSR count). The molecule has 1 fully saturated rings. The molecule has 2 N–H and O–H groups in total. The lowest BCUT2D eigenvalue weighted by Gasteiger charge is -2.11. The molecule has 0 saturated heterocycles. The average molecular weight is 310 g/mol. The molecule has 0 spiro atoms. The second-order valence-corrected chi connectivity index (χ2v) is 5.53. The van der Waals surface area contributed by atoms with Gasteiger partial charge in [-0.2, -0.15) is 0 Å². The molecule has 0 heterocycles. The van der Waals surface area contributed by atoms with E-state index in [1.165, 1.54) is 0 Å². The van der Waals surface area contributed by atoms with E-state index in [2.05, 4.69) is 10.6 Å². The number of hydrogen-bond acceptors (Lipinski definition) is 2. The lowest BCUT2D eigenvalue weighted by molar-refractivity contribution is -0.121. The maximum absolute atomic E-state index is 13.4. The van der Waals surface area contributed by atoms with E-state index in [1.807, 2.05) is 0 Å². The Labute approximate surface area is 128 Å². The molecule has 0 radical (unpaired) electrons. The van der Waals surface area contributed by atoms with Gasteiger partial charge in [0.2, 0.25) is 5.91 Å². The molecule has 4 nitrogen and oxygen atoms in total. The molecular formula is C16H20F2N2O2. The van der Waals surface area contributed by atoms with Crippen LogP contribution in [0.3, 0.4) is 0 Å². The van der Waals surface area contributed by atoms with Crippen molar-refractivity contribution in [1.29, 1.82) is 0 Å². The third-order valence-electron chi connectivity index (χ3n) is 3.76. The van der Waals surface area contributed by atoms with Gasteiger partial charge in [0.25, 0.3) is 5.91 Å². The summed E-state index contributed by atoms with van der Waals surface area (Å²) in [5.41, 5.74) is -0.197. The van der Waals surface area contributed by atoms with Crippen LogP contribution in [0.1, 0.15) is 48.9 Å². The summed E-state index contributed by atoms with van der Waals surface area (Å²) in [6.07, 6.45) is 5.18. The lowest BCUT2D eigenvalue weighted by Crippen LogP contribution is -2.33. The minimum absolute atomic E-state index is 0.0193. The van der Waals surface area contributed by atoms with Crippen molar-refractivity contribution in [1.82, 2.24) is 10.6 Å². The number of carbonyl (C=O) groups excluding carboxylic acids is 2. The van der Waals surface area contributed by atoms with Crippen LogP contribution in [0, 0.1) is 11.6 Å². The van der Waals surface area contributed by atoms with Crippen LogP contribution >= 0.6 is 0 Å². The van der Waals surface area contributed by atoms with Gasteiger partial charge in [-0.1, -0.05) is 12.8 Å². The Morgan fingerprint density at radius 3 is 2.59 bits per heavy atom. The molecule has 1 saturated carbocycles. The zero-order chi connectivity index (χ0) is 15.9. The molecule has 0 aromatic heterocycles. The van der Waals surface area contributed by atoms with Gasteiger partial charge < -0.3 is 10.6 Å². The van der Waals surface area contributed by atoms with Gasteiger partial charge in [-0.05, 0) is 31.4 Å². The molecule has 0 atom stereocenters. The zero-order valence-electron chi connectivity index (χ0n) is 12.3. The van der Waals surface area contributed by atoms with Gasteiger partial charge >= 0.3 is 0 Å².